The molecule has 0 aliphatic rings. The second-order valence-corrected chi connectivity index (χ2v) is 4.32. The van der Waals surface area contributed by atoms with Crippen LogP contribution in [0.25, 0.3) is 0 Å². The fourth-order valence-electron chi connectivity index (χ4n) is 1.82. The van der Waals surface area contributed by atoms with Crippen LogP contribution in [0.15, 0.2) is 48.5 Å². The lowest BCUT2D eigenvalue weighted by Gasteiger charge is -2.08. The van der Waals surface area contributed by atoms with E-state index in [0.29, 0.717) is 17.7 Å². The van der Waals surface area contributed by atoms with Crippen LogP contribution in [-0.2, 0) is 6.54 Å². The minimum absolute atomic E-state index is 0.105. The molecule has 0 aromatic heterocycles. The summed E-state index contributed by atoms with van der Waals surface area (Å²) in [6, 6.07) is 16.8. The molecule has 2 rings (SSSR count). The first kappa shape index (κ1) is 13.6. The molecule has 0 bridgehead atoms. The van der Waals surface area contributed by atoms with E-state index in [1.54, 1.807) is 25.2 Å². The molecular formula is C16H15N3O. The van der Waals surface area contributed by atoms with Gasteiger partial charge in [-0.1, -0.05) is 18.2 Å². The number of nitrogens with one attached hydrogen (secondary N) is 2. The third-order valence-corrected chi connectivity index (χ3v) is 2.93. The van der Waals surface area contributed by atoms with Crippen molar-refractivity contribution < 1.29 is 4.79 Å². The van der Waals surface area contributed by atoms with Crippen LogP contribution in [0.2, 0.25) is 0 Å². The first-order valence-corrected chi connectivity index (χ1v) is 6.28. The van der Waals surface area contributed by atoms with Crippen molar-refractivity contribution in [1.82, 2.24) is 5.32 Å². The highest BCUT2D eigenvalue weighted by molar-refractivity contribution is 5.94. The van der Waals surface area contributed by atoms with Gasteiger partial charge in [0.2, 0.25) is 0 Å². The van der Waals surface area contributed by atoms with E-state index < -0.39 is 0 Å². The number of benzene rings is 2. The van der Waals surface area contributed by atoms with E-state index in [0.717, 1.165) is 11.3 Å². The maximum Gasteiger partial charge on any atom is 0.251 e. The van der Waals surface area contributed by atoms with Crippen molar-refractivity contribution in [3.8, 4) is 6.07 Å². The summed E-state index contributed by atoms with van der Waals surface area (Å²) in [5.41, 5.74) is 3.23. The van der Waals surface area contributed by atoms with E-state index in [-0.39, 0.29) is 5.91 Å². The molecule has 0 saturated carbocycles. The Morgan fingerprint density at radius 3 is 2.60 bits per heavy atom. The van der Waals surface area contributed by atoms with Gasteiger partial charge in [-0.3, -0.25) is 4.79 Å². The van der Waals surface area contributed by atoms with Gasteiger partial charge in [-0.25, -0.2) is 0 Å². The third kappa shape index (κ3) is 3.36. The Hall–Kier alpha value is -2.80. The molecule has 0 atom stereocenters. The van der Waals surface area contributed by atoms with Crippen molar-refractivity contribution in [2.45, 2.75) is 6.54 Å². The molecule has 100 valence electrons. The number of rotatable bonds is 4. The molecule has 0 heterocycles. The Balaban J connectivity index is 2.03. The lowest BCUT2D eigenvalue weighted by molar-refractivity contribution is 0.0963. The van der Waals surface area contributed by atoms with E-state index >= 15 is 0 Å². The number of nitriles is 1. The van der Waals surface area contributed by atoms with Gasteiger partial charge in [0, 0.05) is 24.8 Å². The highest BCUT2D eigenvalue weighted by Gasteiger charge is 2.03. The topological polar surface area (TPSA) is 64.9 Å². The van der Waals surface area contributed by atoms with Gasteiger partial charge >= 0.3 is 0 Å². The smallest absolute Gasteiger partial charge is 0.251 e. The van der Waals surface area contributed by atoms with Crippen LogP contribution in [0.3, 0.4) is 0 Å². The molecule has 0 radical (unpaired) electrons. The molecule has 2 aromatic carbocycles. The summed E-state index contributed by atoms with van der Waals surface area (Å²) >= 11 is 0. The maximum atomic E-state index is 11.5. The number of anilines is 1. The van der Waals surface area contributed by atoms with Crippen LogP contribution in [0.4, 0.5) is 5.69 Å². The number of carbonyl (C=O) groups is 1. The summed E-state index contributed by atoms with van der Waals surface area (Å²) in [4.78, 5) is 11.5. The Morgan fingerprint density at radius 2 is 1.95 bits per heavy atom. The Bertz CT molecular complexity index is 642. The van der Waals surface area contributed by atoms with Gasteiger partial charge in [0.15, 0.2) is 0 Å². The largest absolute Gasteiger partial charge is 0.381 e. The molecule has 1 amide bonds. The number of hydrogen-bond acceptors (Lipinski definition) is 3. The number of amides is 1. The zero-order valence-electron chi connectivity index (χ0n) is 11.2. The lowest BCUT2D eigenvalue weighted by atomic mass is 10.1. The van der Waals surface area contributed by atoms with Crippen LogP contribution in [-0.4, -0.2) is 13.0 Å². The molecule has 4 heteroatoms. The van der Waals surface area contributed by atoms with Crippen molar-refractivity contribution >= 4 is 11.6 Å². The second-order valence-electron chi connectivity index (χ2n) is 4.32. The van der Waals surface area contributed by atoms with Gasteiger partial charge in [-0.05, 0) is 35.9 Å². The van der Waals surface area contributed by atoms with Gasteiger partial charge in [0.1, 0.15) is 0 Å². The molecule has 0 fully saturated rings. The zero-order chi connectivity index (χ0) is 14.4. The normalized spacial score (nSPS) is 9.60. The monoisotopic (exact) mass is 265 g/mol. The fraction of sp³-hybridized carbons (Fsp3) is 0.125. The lowest BCUT2D eigenvalue weighted by Crippen LogP contribution is -2.17. The molecule has 2 aromatic rings. The number of carbonyl (C=O) groups excluding carboxylic acids is 1. The summed E-state index contributed by atoms with van der Waals surface area (Å²) in [6.45, 7) is 0.642. The Morgan fingerprint density at radius 1 is 1.20 bits per heavy atom. The van der Waals surface area contributed by atoms with E-state index in [1.807, 2.05) is 30.3 Å². The molecular weight excluding hydrogens is 250 g/mol. The average Bonchev–Trinajstić information content (AvgIpc) is 2.53. The van der Waals surface area contributed by atoms with Crippen molar-refractivity contribution in [1.29, 1.82) is 5.26 Å². The van der Waals surface area contributed by atoms with E-state index in [4.69, 9.17) is 5.26 Å². The minimum Gasteiger partial charge on any atom is -0.381 e. The van der Waals surface area contributed by atoms with Gasteiger partial charge < -0.3 is 10.6 Å². The van der Waals surface area contributed by atoms with Crippen LogP contribution in [0, 0.1) is 11.3 Å². The molecule has 4 nitrogen and oxygen atoms in total. The summed E-state index contributed by atoms with van der Waals surface area (Å²) in [5.74, 6) is -0.105. The number of hydrogen-bond donors (Lipinski definition) is 2. The fourth-order valence-corrected chi connectivity index (χ4v) is 1.82. The van der Waals surface area contributed by atoms with Crippen LogP contribution >= 0.6 is 0 Å². The SMILES string of the molecule is CNC(=O)c1cccc(NCc2ccc(C#N)cc2)c1. The van der Waals surface area contributed by atoms with Gasteiger partial charge in [0.05, 0.1) is 11.6 Å². The molecule has 0 saturated heterocycles. The molecule has 20 heavy (non-hydrogen) atoms. The molecule has 0 aliphatic heterocycles. The standard InChI is InChI=1S/C16H15N3O/c1-18-16(20)14-3-2-4-15(9-14)19-11-13-7-5-12(10-17)6-8-13/h2-9,19H,11H2,1H3,(H,18,20). The average molecular weight is 265 g/mol. The summed E-state index contributed by atoms with van der Waals surface area (Å²) in [6.07, 6.45) is 0. The molecule has 2 N–H and O–H groups in total. The van der Waals surface area contributed by atoms with Crippen LogP contribution in [0.5, 0.6) is 0 Å². The molecule has 0 unspecified atom stereocenters. The first-order valence-electron chi connectivity index (χ1n) is 6.28. The van der Waals surface area contributed by atoms with E-state index in [2.05, 4.69) is 16.7 Å². The van der Waals surface area contributed by atoms with E-state index in [9.17, 15) is 4.79 Å². The van der Waals surface area contributed by atoms with Crippen molar-refractivity contribution in [3.63, 3.8) is 0 Å². The first-order chi connectivity index (χ1) is 9.72. The maximum absolute atomic E-state index is 11.5. The van der Waals surface area contributed by atoms with Crippen molar-refractivity contribution in [2.24, 2.45) is 0 Å². The van der Waals surface area contributed by atoms with Gasteiger partial charge in [-0.2, -0.15) is 5.26 Å². The minimum atomic E-state index is -0.105. The Kier molecular flexibility index (Phi) is 4.35. The third-order valence-electron chi connectivity index (χ3n) is 2.93. The quantitative estimate of drug-likeness (QED) is 0.892. The van der Waals surface area contributed by atoms with Crippen LogP contribution in [0.1, 0.15) is 21.5 Å². The highest BCUT2D eigenvalue weighted by atomic mass is 16.1. The Labute approximate surface area is 118 Å². The summed E-state index contributed by atoms with van der Waals surface area (Å²) in [5, 5.41) is 14.6. The predicted molar refractivity (Wildman–Crippen MR) is 78.3 cm³/mol. The summed E-state index contributed by atoms with van der Waals surface area (Å²) < 4.78 is 0. The van der Waals surface area contributed by atoms with Crippen LogP contribution < -0.4 is 10.6 Å². The van der Waals surface area contributed by atoms with E-state index in [1.165, 1.54) is 0 Å². The van der Waals surface area contributed by atoms with Crippen molar-refractivity contribution in [2.75, 3.05) is 12.4 Å². The molecule has 0 aliphatic carbocycles. The number of nitrogens with zero attached hydrogens (tertiary/aromatic N) is 1. The van der Waals surface area contributed by atoms with Gasteiger partial charge in [0.25, 0.3) is 5.91 Å². The van der Waals surface area contributed by atoms with Gasteiger partial charge in [-0.15, -0.1) is 0 Å². The molecule has 0 spiro atoms. The predicted octanol–water partition coefficient (Wildman–Crippen LogP) is 2.53. The highest BCUT2D eigenvalue weighted by Crippen LogP contribution is 2.12. The summed E-state index contributed by atoms with van der Waals surface area (Å²) in [7, 11) is 1.61. The zero-order valence-corrected chi connectivity index (χ0v) is 11.2. The van der Waals surface area contributed by atoms with Crippen molar-refractivity contribution in [3.05, 3.63) is 65.2 Å². The second kappa shape index (κ2) is 6.39.